The van der Waals surface area contributed by atoms with Gasteiger partial charge in [0.15, 0.2) is 0 Å². The zero-order valence-corrected chi connectivity index (χ0v) is 17.5. The summed E-state index contributed by atoms with van der Waals surface area (Å²) in [4.78, 5) is 10.9. The van der Waals surface area contributed by atoms with Gasteiger partial charge in [-0.1, -0.05) is 18.7 Å². The van der Waals surface area contributed by atoms with Crippen LogP contribution in [-0.2, 0) is 16.1 Å². The lowest BCUT2D eigenvalue weighted by molar-refractivity contribution is -0.471. The summed E-state index contributed by atoms with van der Waals surface area (Å²) in [6.07, 6.45) is -14.2. The number of rotatable bonds is 11. The molecular formula is C18H9F17O3. The third-order valence-electron chi connectivity index (χ3n) is 4.41. The van der Waals surface area contributed by atoms with Crippen LogP contribution in [0.5, 0.6) is 5.75 Å². The van der Waals surface area contributed by atoms with Crippen molar-refractivity contribution >= 4 is 5.97 Å². The van der Waals surface area contributed by atoms with Crippen molar-refractivity contribution in [1.29, 1.82) is 0 Å². The second kappa shape index (κ2) is 9.65. The van der Waals surface area contributed by atoms with Crippen LogP contribution in [0.2, 0.25) is 0 Å². The van der Waals surface area contributed by atoms with Gasteiger partial charge < -0.3 is 9.47 Å². The normalized spacial score (nSPS) is 14.8. The molecule has 1 rings (SSSR count). The Balaban J connectivity index is 3.41. The van der Waals surface area contributed by atoms with Crippen molar-refractivity contribution in [2.75, 3.05) is 0 Å². The maximum Gasteiger partial charge on any atom is 0.471 e. The Morgan fingerprint density at radius 1 is 0.632 bits per heavy atom. The van der Waals surface area contributed by atoms with Crippen molar-refractivity contribution in [3.63, 3.8) is 0 Å². The lowest BCUT2D eigenvalue weighted by Gasteiger charge is -2.42. The van der Waals surface area contributed by atoms with Crippen molar-refractivity contribution in [3.8, 4) is 5.75 Å². The number of halogens is 17. The third kappa shape index (κ3) is 5.04. The zero-order chi connectivity index (χ0) is 30.4. The molecule has 0 aromatic heterocycles. The van der Waals surface area contributed by atoms with E-state index in [1.54, 1.807) is 0 Å². The van der Waals surface area contributed by atoms with E-state index in [1.165, 1.54) is 0 Å². The predicted octanol–water partition coefficient (Wildman–Crippen LogP) is 7.26. The molecule has 0 heterocycles. The number of hydrogen-bond acceptors (Lipinski definition) is 3. The first-order chi connectivity index (χ1) is 16.7. The van der Waals surface area contributed by atoms with Crippen molar-refractivity contribution < 1.29 is 88.9 Å². The highest BCUT2D eigenvalue weighted by molar-refractivity contribution is 5.81. The third-order valence-corrected chi connectivity index (χ3v) is 4.41. The van der Waals surface area contributed by atoms with Gasteiger partial charge in [-0.2, -0.15) is 74.6 Å². The van der Waals surface area contributed by atoms with Crippen molar-refractivity contribution in [1.82, 2.24) is 0 Å². The number of carbonyl (C=O) groups is 1. The van der Waals surface area contributed by atoms with E-state index in [1.807, 2.05) is 0 Å². The fraction of sp³-hybridized carbons (Fsp3) is 0.500. The van der Waals surface area contributed by atoms with E-state index in [4.69, 9.17) is 0 Å². The van der Waals surface area contributed by atoms with E-state index in [2.05, 4.69) is 16.1 Å². The Bertz CT molecular complexity index is 1010. The highest BCUT2D eigenvalue weighted by atomic mass is 19.4. The summed E-state index contributed by atoms with van der Waals surface area (Å²) < 4.78 is 232. The van der Waals surface area contributed by atoms with Gasteiger partial charge in [0, 0.05) is 6.08 Å². The first-order valence-electron chi connectivity index (χ1n) is 8.94. The van der Waals surface area contributed by atoms with E-state index in [-0.39, 0.29) is 17.7 Å². The van der Waals surface area contributed by atoms with Gasteiger partial charge >= 0.3 is 53.8 Å². The smallest absolute Gasteiger partial charge is 0.458 e. The molecule has 1 aromatic carbocycles. The number of benzene rings is 1. The average Bonchev–Trinajstić information content (AvgIpc) is 2.76. The number of alkyl halides is 17. The molecule has 1 aromatic rings. The monoisotopic (exact) mass is 596 g/mol. The van der Waals surface area contributed by atoms with Gasteiger partial charge in [-0.25, -0.2) is 4.79 Å². The summed E-state index contributed by atoms with van der Waals surface area (Å²) in [6, 6.07) is 1.70. The molecule has 0 saturated heterocycles. The minimum atomic E-state index is -8.72. The Morgan fingerprint density at radius 3 is 1.37 bits per heavy atom. The molecule has 218 valence electrons. The van der Waals surface area contributed by atoms with Crippen LogP contribution >= 0.6 is 0 Å². The van der Waals surface area contributed by atoms with Gasteiger partial charge in [0.05, 0.1) is 0 Å². The molecule has 0 amide bonds. The fourth-order valence-corrected chi connectivity index (χ4v) is 2.23. The number of esters is 1. The SMILES string of the molecule is C=CC(=O)OCc1ccc(OC(F)(F)C(F)(F)C(F)(F)C(F)(F)C(F)(F)C(F)(F)C(F)(F)C(F)(F)F)cc1. The standard InChI is InChI=1S/C18H9F17O3/c1-2-10(36)37-7-8-3-5-9(6-4-8)38-18(34,35)16(29,30)14(25,26)12(21,22)11(19,20)13(23,24)15(27,28)17(31,32)33/h2-6H,1,7H2. The molecule has 0 N–H and O–H groups in total. The van der Waals surface area contributed by atoms with Crippen LogP contribution in [0.4, 0.5) is 74.6 Å². The Labute approximate surface area is 198 Å². The van der Waals surface area contributed by atoms with Gasteiger partial charge in [-0.15, -0.1) is 0 Å². The van der Waals surface area contributed by atoms with Crippen molar-refractivity contribution in [2.45, 2.75) is 54.4 Å². The van der Waals surface area contributed by atoms with Crippen LogP contribution in [-0.4, -0.2) is 53.8 Å². The summed E-state index contributed by atoms with van der Waals surface area (Å²) in [5, 5.41) is 0. The molecular weight excluding hydrogens is 587 g/mol. The van der Waals surface area contributed by atoms with Gasteiger partial charge in [0.2, 0.25) is 0 Å². The summed E-state index contributed by atoms with van der Waals surface area (Å²) in [6.45, 7) is 2.37. The van der Waals surface area contributed by atoms with Crippen LogP contribution in [0.25, 0.3) is 0 Å². The van der Waals surface area contributed by atoms with E-state index >= 15 is 0 Å². The Morgan fingerprint density at radius 2 is 1.00 bits per heavy atom. The molecule has 0 bridgehead atoms. The lowest BCUT2D eigenvalue weighted by atomic mass is 9.90. The summed E-state index contributed by atoms with van der Waals surface area (Å²) in [5.74, 6) is -53.3. The molecule has 38 heavy (non-hydrogen) atoms. The maximum absolute atomic E-state index is 13.8. The molecule has 3 nitrogen and oxygen atoms in total. The van der Waals surface area contributed by atoms with Gasteiger partial charge in [-0.05, 0) is 17.7 Å². The summed E-state index contributed by atoms with van der Waals surface area (Å²) in [7, 11) is 0. The van der Waals surface area contributed by atoms with Crippen LogP contribution in [0.1, 0.15) is 5.56 Å². The first-order valence-corrected chi connectivity index (χ1v) is 8.94. The van der Waals surface area contributed by atoms with Crippen LogP contribution < -0.4 is 4.74 Å². The van der Waals surface area contributed by atoms with Gasteiger partial charge in [0.25, 0.3) is 0 Å². The zero-order valence-electron chi connectivity index (χ0n) is 17.5. The summed E-state index contributed by atoms with van der Waals surface area (Å²) in [5.41, 5.74) is -0.132. The predicted molar refractivity (Wildman–Crippen MR) is 87.7 cm³/mol. The summed E-state index contributed by atoms with van der Waals surface area (Å²) >= 11 is 0. The van der Waals surface area contributed by atoms with Crippen LogP contribution in [0, 0.1) is 0 Å². The minimum absolute atomic E-state index is 0.132. The molecule has 0 radical (unpaired) electrons. The lowest BCUT2D eigenvalue weighted by Crippen LogP contribution is -2.74. The van der Waals surface area contributed by atoms with Crippen molar-refractivity contribution in [3.05, 3.63) is 42.5 Å². The Kier molecular flexibility index (Phi) is 8.40. The average molecular weight is 596 g/mol. The number of ether oxygens (including phenoxy) is 2. The number of hydrogen-bond donors (Lipinski definition) is 0. The molecule has 0 saturated carbocycles. The molecule has 20 heteroatoms. The highest BCUT2D eigenvalue weighted by Gasteiger charge is 2.95. The van der Waals surface area contributed by atoms with Crippen LogP contribution in [0.3, 0.4) is 0 Å². The molecule has 0 fully saturated rings. The quantitative estimate of drug-likeness (QED) is 0.153. The molecule has 0 atom stereocenters. The van der Waals surface area contributed by atoms with Gasteiger partial charge in [-0.3, -0.25) is 0 Å². The van der Waals surface area contributed by atoms with E-state index in [9.17, 15) is 79.4 Å². The van der Waals surface area contributed by atoms with E-state index in [0.717, 1.165) is 0 Å². The van der Waals surface area contributed by atoms with E-state index in [0.29, 0.717) is 18.2 Å². The second-order valence-corrected chi connectivity index (χ2v) is 7.02. The minimum Gasteiger partial charge on any atom is -0.458 e. The highest BCUT2D eigenvalue weighted by Crippen LogP contribution is 2.64. The molecule has 0 aliphatic rings. The topological polar surface area (TPSA) is 35.5 Å². The van der Waals surface area contributed by atoms with Gasteiger partial charge in [0.1, 0.15) is 12.4 Å². The largest absolute Gasteiger partial charge is 0.471 e. The second-order valence-electron chi connectivity index (χ2n) is 7.02. The van der Waals surface area contributed by atoms with E-state index < -0.39 is 66.1 Å². The first kappa shape index (κ1) is 33.1. The molecule has 0 aliphatic heterocycles. The van der Waals surface area contributed by atoms with Crippen LogP contribution in [0.15, 0.2) is 36.9 Å². The Hall–Kier alpha value is -2.96. The molecule has 0 aliphatic carbocycles. The number of carbonyl (C=O) groups excluding carboxylic acids is 1. The molecule has 0 unspecified atom stereocenters. The van der Waals surface area contributed by atoms with Crippen molar-refractivity contribution in [2.24, 2.45) is 0 Å². The fourth-order valence-electron chi connectivity index (χ4n) is 2.23. The molecule has 0 spiro atoms. The maximum atomic E-state index is 13.8.